The summed E-state index contributed by atoms with van der Waals surface area (Å²) in [6, 6.07) is 7.83. The lowest BCUT2D eigenvalue weighted by Gasteiger charge is -2.14. The van der Waals surface area contributed by atoms with Crippen LogP contribution in [0.2, 0.25) is 0 Å². The minimum absolute atomic E-state index is 0.0301. The SMILES string of the molecule is CCC(CC(=O)O)n1nnnc1Cc1ccccc1C. The lowest BCUT2D eigenvalue weighted by Crippen LogP contribution is -2.17. The summed E-state index contributed by atoms with van der Waals surface area (Å²) >= 11 is 0. The first-order valence-corrected chi connectivity index (χ1v) is 6.64. The highest BCUT2D eigenvalue weighted by Crippen LogP contribution is 2.18. The third-order valence-electron chi connectivity index (χ3n) is 3.40. The van der Waals surface area contributed by atoms with Crippen LogP contribution in [0.5, 0.6) is 0 Å². The molecular weight excluding hydrogens is 256 g/mol. The number of aryl methyl sites for hydroxylation is 1. The van der Waals surface area contributed by atoms with Gasteiger partial charge in [0.2, 0.25) is 0 Å². The van der Waals surface area contributed by atoms with Crippen molar-refractivity contribution < 1.29 is 9.90 Å². The van der Waals surface area contributed by atoms with E-state index >= 15 is 0 Å². The Balaban J connectivity index is 2.24. The van der Waals surface area contributed by atoms with Crippen LogP contribution in [0.15, 0.2) is 24.3 Å². The maximum atomic E-state index is 10.9. The Labute approximate surface area is 117 Å². The lowest BCUT2D eigenvalue weighted by atomic mass is 10.1. The highest BCUT2D eigenvalue weighted by Gasteiger charge is 2.19. The van der Waals surface area contributed by atoms with E-state index in [-0.39, 0.29) is 12.5 Å². The highest BCUT2D eigenvalue weighted by molar-refractivity contribution is 5.67. The van der Waals surface area contributed by atoms with Crippen molar-refractivity contribution in [2.24, 2.45) is 0 Å². The number of hydrogen-bond acceptors (Lipinski definition) is 4. The van der Waals surface area contributed by atoms with Crippen LogP contribution in [0.3, 0.4) is 0 Å². The number of aromatic nitrogens is 4. The number of carbonyl (C=O) groups is 1. The first-order chi connectivity index (χ1) is 9.61. The molecule has 1 atom stereocenters. The van der Waals surface area contributed by atoms with E-state index < -0.39 is 5.97 Å². The molecule has 0 bridgehead atoms. The van der Waals surface area contributed by atoms with E-state index in [2.05, 4.69) is 15.5 Å². The molecule has 6 nitrogen and oxygen atoms in total. The molecule has 1 aromatic heterocycles. The molecule has 0 saturated carbocycles. The molecule has 0 fully saturated rings. The van der Waals surface area contributed by atoms with Crippen molar-refractivity contribution in [1.82, 2.24) is 20.2 Å². The van der Waals surface area contributed by atoms with Gasteiger partial charge in [-0.15, -0.1) is 5.10 Å². The van der Waals surface area contributed by atoms with Crippen LogP contribution in [0.1, 0.15) is 42.8 Å². The predicted octanol–water partition coefficient (Wildman–Crippen LogP) is 2.00. The number of benzene rings is 1. The van der Waals surface area contributed by atoms with Gasteiger partial charge in [0, 0.05) is 6.42 Å². The molecular formula is C14H18N4O2. The summed E-state index contributed by atoms with van der Waals surface area (Å²) in [4.78, 5) is 10.9. The number of tetrazole rings is 1. The molecule has 1 N–H and O–H groups in total. The van der Waals surface area contributed by atoms with E-state index in [1.165, 1.54) is 5.56 Å². The second-order valence-electron chi connectivity index (χ2n) is 4.80. The Morgan fingerprint density at radius 3 is 2.80 bits per heavy atom. The molecule has 2 aromatic rings. The van der Waals surface area contributed by atoms with Gasteiger partial charge in [-0.3, -0.25) is 4.79 Å². The zero-order chi connectivity index (χ0) is 14.5. The first kappa shape index (κ1) is 14.2. The zero-order valence-corrected chi connectivity index (χ0v) is 11.7. The fraction of sp³-hybridized carbons (Fsp3) is 0.429. The molecule has 2 rings (SSSR count). The van der Waals surface area contributed by atoms with Crippen molar-refractivity contribution in [1.29, 1.82) is 0 Å². The summed E-state index contributed by atoms with van der Waals surface area (Å²) in [7, 11) is 0. The van der Waals surface area contributed by atoms with Crippen molar-refractivity contribution >= 4 is 5.97 Å². The van der Waals surface area contributed by atoms with Gasteiger partial charge in [0.25, 0.3) is 0 Å². The Hall–Kier alpha value is -2.24. The summed E-state index contributed by atoms with van der Waals surface area (Å²) in [5.41, 5.74) is 2.32. The molecule has 0 saturated heterocycles. The quantitative estimate of drug-likeness (QED) is 0.871. The molecule has 0 aliphatic carbocycles. The van der Waals surface area contributed by atoms with Gasteiger partial charge in [0.1, 0.15) is 0 Å². The smallest absolute Gasteiger partial charge is 0.305 e. The number of carboxylic acids is 1. The fourth-order valence-electron chi connectivity index (χ4n) is 2.20. The maximum Gasteiger partial charge on any atom is 0.305 e. The van der Waals surface area contributed by atoms with Crippen LogP contribution < -0.4 is 0 Å². The molecule has 1 heterocycles. The normalized spacial score (nSPS) is 12.3. The van der Waals surface area contributed by atoms with Gasteiger partial charge in [0.05, 0.1) is 12.5 Å². The van der Waals surface area contributed by atoms with Gasteiger partial charge >= 0.3 is 5.97 Å². The summed E-state index contributed by atoms with van der Waals surface area (Å²) in [5, 5.41) is 20.6. The molecule has 0 aliphatic heterocycles. The number of aliphatic carboxylic acids is 1. The van der Waals surface area contributed by atoms with Crippen molar-refractivity contribution in [3.05, 3.63) is 41.2 Å². The number of carboxylic acid groups (broad SMARTS) is 1. The highest BCUT2D eigenvalue weighted by atomic mass is 16.4. The number of nitrogens with zero attached hydrogens (tertiary/aromatic N) is 4. The van der Waals surface area contributed by atoms with Gasteiger partial charge in [-0.25, -0.2) is 4.68 Å². The summed E-state index contributed by atoms with van der Waals surface area (Å²) in [6.07, 6.45) is 1.32. The van der Waals surface area contributed by atoms with Crippen LogP contribution in [-0.4, -0.2) is 31.3 Å². The van der Waals surface area contributed by atoms with Crippen LogP contribution in [-0.2, 0) is 11.2 Å². The molecule has 0 aliphatic rings. The van der Waals surface area contributed by atoms with E-state index in [4.69, 9.17) is 5.11 Å². The van der Waals surface area contributed by atoms with Crippen LogP contribution >= 0.6 is 0 Å². The average molecular weight is 274 g/mol. The molecule has 0 amide bonds. The molecule has 0 radical (unpaired) electrons. The molecule has 20 heavy (non-hydrogen) atoms. The Morgan fingerprint density at radius 1 is 1.40 bits per heavy atom. The largest absolute Gasteiger partial charge is 0.481 e. The van der Waals surface area contributed by atoms with E-state index in [0.717, 1.165) is 5.56 Å². The Bertz CT molecular complexity index is 594. The van der Waals surface area contributed by atoms with E-state index in [9.17, 15) is 4.79 Å². The van der Waals surface area contributed by atoms with Crippen LogP contribution in [0.25, 0.3) is 0 Å². The second-order valence-corrected chi connectivity index (χ2v) is 4.80. The molecule has 0 spiro atoms. The minimum Gasteiger partial charge on any atom is -0.481 e. The van der Waals surface area contributed by atoms with Gasteiger partial charge < -0.3 is 5.11 Å². The Kier molecular flexibility index (Phi) is 4.45. The van der Waals surface area contributed by atoms with Gasteiger partial charge in [0.15, 0.2) is 5.82 Å². The topological polar surface area (TPSA) is 80.9 Å². The van der Waals surface area contributed by atoms with Crippen molar-refractivity contribution in [3.8, 4) is 0 Å². The second kappa shape index (κ2) is 6.27. The van der Waals surface area contributed by atoms with E-state index in [0.29, 0.717) is 18.7 Å². The standard InChI is InChI=1S/C14H18N4O2/c1-3-12(9-14(19)20)18-13(15-16-17-18)8-11-7-5-4-6-10(11)2/h4-7,12H,3,8-9H2,1-2H3,(H,19,20). The minimum atomic E-state index is -0.839. The Morgan fingerprint density at radius 2 is 2.15 bits per heavy atom. The predicted molar refractivity (Wildman–Crippen MR) is 73.4 cm³/mol. The third-order valence-corrected chi connectivity index (χ3v) is 3.40. The first-order valence-electron chi connectivity index (χ1n) is 6.64. The van der Waals surface area contributed by atoms with Gasteiger partial charge in [-0.2, -0.15) is 0 Å². The number of rotatable bonds is 6. The van der Waals surface area contributed by atoms with Crippen molar-refractivity contribution in [2.75, 3.05) is 0 Å². The lowest BCUT2D eigenvalue weighted by molar-refractivity contribution is -0.138. The summed E-state index contributed by atoms with van der Waals surface area (Å²) < 4.78 is 1.64. The van der Waals surface area contributed by atoms with Crippen LogP contribution in [0, 0.1) is 6.92 Å². The monoisotopic (exact) mass is 274 g/mol. The molecule has 1 aromatic carbocycles. The van der Waals surface area contributed by atoms with Crippen LogP contribution in [0.4, 0.5) is 0 Å². The zero-order valence-electron chi connectivity index (χ0n) is 11.7. The van der Waals surface area contributed by atoms with Gasteiger partial charge in [-0.1, -0.05) is 31.2 Å². The third kappa shape index (κ3) is 3.20. The number of hydrogen-bond donors (Lipinski definition) is 1. The van der Waals surface area contributed by atoms with E-state index in [1.807, 2.05) is 38.1 Å². The molecule has 6 heteroatoms. The average Bonchev–Trinajstić information content (AvgIpc) is 2.86. The maximum absolute atomic E-state index is 10.9. The van der Waals surface area contributed by atoms with Gasteiger partial charge in [-0.05, 0) is 34.9 Å². The van der Waals surface area contributed by atoms with E-state index in [1.54, 1.807) is 4.68 Å². The summed E-state index contributed by atoms with van der Waals surface area (Å²) in [6.45, 7) is 3.98. The summed E-state index contributed by atoms with van der Waals surface area (Å²) in [5.74, 6) is -0.137. The van der Waals surface area contributed by atoms with Crippen molar-refractivity contribution in [2.45, 2.75) is 39.2 Å². The fourth-order valence-corrected chi connectivity index (χ4v) is 2.20. The van der Waals surface area contributed by atoms with Crippen molar-refractivity contribution in [3.63, 3.8) is 0 Å². The molecule has 106 valence electrons. The molecule has 1 unspecified atom stereocenters.